The van der Waals surface area contributed by atoms with Crippen molar-refractivity contribution in [2.45, 2.75) is 67.7 Å². The van der Waals surface area contributed by atoms with Crippen LogP contribution in [0.1, 0.15) is 39.0 Å². The van der Waals surface area contributed by atoms with E-state index in [1.54, 1.807) is 0 Å². The molecule has 1 heterocycles. The van der Waals surface area contributed by atoms with Crippen molar-refractivity contribution in [2.24, 2.45) is 5.92 Å². The van der Waals surface area contributed by atoms with Crippen molar-refractivity contribution in [3.63, 3.8) is 0 Å². The Morgan fingerprint density at radius 3 is 2.41 bits per heavy atom. The van der Waals surface area contributed by atoms with E-state index in [0.29, 0.717) is 28.7 Å². The van der Waals surface area contributed by atoms with Gasteiger partial charge in [0.1, 0.15) is 0 Å². The van der Waals surface area contributed by atoms with Gasteiger partial charge in [-0.05, 0) is 31.6 Å². The smallest absolute Gasteiger partial charge is 0.423 e. The van der Waals surface area contributed by atoms with Gasteiger partial charge in [-0.25, -0.2) is 9.78 Å². The van der Waals surface area contributed by atoms with Crippen LogP contribution in [0, 0.1) is 5.92 Å². The molecular weight excluding hydrogens is 512 g/mol. The first kappa shape index (κ1) is 28.5. The lowest BCUT2D eigenvalue weighted by Gasteiger charge is -2.36. The van der Waals surface area contributed by atoms with E-state index in [-0.39, 0.29) is 17.6 Å². The fraction of sp³-hybridized carbons (Fsp3) is 0.737. The summed E-state index contributed by atoms with van der Waals surface area (Å²) in [5.41, 5.74) is 0. The predicted octanol–water partition coefficient (Wildman–Crippen LogP) is 5.63. The van der Waals surface area contributed by atoms with Gasteiger partial charge in [-0.3, -0.25) is 10.1 Å². The highest BCUT2D eigenvalue weighted by Gasteiger charge is 2.58. The quantitative estimate of drug-likeness (QED) is 0.297. The number of carbonyl (C=O) groups excluding carboxylic acids is 1. The molecule has 1 fully saturated rings. The molecule has 0 aliphatic heterocycles. The van der Waals surface area contributed by atoms with Gasteiger partial charge in [-0.1, -0.05) is 18.3 Å². The lowest BCUT2D eigenvalue weighted by Crippen LogP contribution is -2.49. The zero-order valence-electron chi connectivity index (χ0n) is 18.1. The number of aromatic nitrogens is 1. The number of aliphatic carboxylic acids is 1. The SMILES string of the molecule is CC1CCC(N(CCOC(C(F)(F)F)C(F)(F)F)C(=O)Nc2ncc(SCCC(=O)O)s2)CC1. The Labute approximate surface area is 200 Å². The minimum atomic E-state index is -5.62. The molecule has 1 aromatic rings. The second-order valence-electron chi connectivity index (χ2n) is 7.85. The standard InChI is InChI=1S/C19H25F6N3O4S2/c1-11-2-4-12(5-3-11)28(7-8-32-15(18(20,21)22)19(23,24)25)17(31)27-16-26-10-14(34-16)33-9-6-13(29)30/h10-12,15H,2-9H2,1H3,(H,29,30)(H,26,27,31). The van der Waals surface area contributed by atoms with Gasteiger partial charge >= 0.3 is 24.4 Å². The second kappa shape index (κ2) is 12.3. The third-order valence-electron chi connectivity index (χ3n) is 5.16. The number of carboxylic acids is 1. The number of nitrogens with zero attached hydrogens (tertiary/aromatic N) is 2. The third-order valence-corrected chi connectivity index (χ3v) is 7.27. The van der Waals surface area contributed by atoms with Crippen LogP contribution in [0.4, 0.5) is 36.3 Å². The van der Waals surface area contributed by atoms with Crippen molar-refractivity contribution in [3.05, 3.63) is 6.20 Å². The average molecular weight is 538 g/mol. The van der Waals surface area contributed by atoms with Crippen LogP contribution in [-0.2, 0) is 9.53 Å². The number of thioether (sulfide) groups is 1. The number of alkyl halides is 6. The number of anilines is 1. The maximum atomic E-state index is 12.9. The summed E-state index contributed by atoms with van der Waals surface area (Å²) in [6, 6.07) is -1.06. The number of nitrogens with one attached hydrogen (secondary N) is 1. The Hall–Kier alpha value is -1.74. The van der Waals surface area contributed by atoms with E-state index in [1.807, 2.05) is 6.92 Å². The molecule has 1 aliphatic rings. The van der Waals surface area contributed by atoms with Crippen molar-refractivity contribution in [2.75, 3.05) is 24.2 Å². The average Bonchev–Trinajstić information content (AvgIpc) is 3.13. The summed E-state index contributed by atoms with van der Waals surface area (Å²) in [5.74, 6) is -0.251. The first-order chi connectivity index (χ1) is 15.8. The van der Waals surface area contributed by atoms with E-state index >= 15 is 0 Å². The number of amides is 2. The molecule has 1 aliphatic carbocycles. The van der Waals surface area contributed by atoms with Crippen molar-refractivity contribution >= 4 is 40.2 Å². The summed E-state index contributed by atoms with van der Waals surface area (Å²) in [5, 5.41) is 11.4. The third kappa shape index (κ3) is 9.13. The molecule has 2 amide bonds. The summed E-state index contributed by atoms with van der Waals surface area (Å²) >= 11 is 2.32. The van der Waals surface area contributed by atoms with Crippen LogP contribution in [0.5, 0.6) is 0 Å². The molecule has 0 spiro atoms. The first-order valence-electron chi connectivity index (χ1n) is 10.4. The Balaban J connectivity index is 2.03. The van der Waals surface area contributed by atoms with Gasteiger partial charge in [-0.2, -0.15) is 26.3 Å². The Morgan fingerprint density at radius 1 is 1.24 bits per heavy atom. The van der Waals surface area contributed by atoms with Crippen LogP contribution < -0.4 is 5.32 Å². The Kier molecular flexibility index (Phi) is 10.3. The van der Waals surface area contributed by atoms with Crippen LogP contribution >= 0.6 is 23.1 Å². The minimum absolute atomic E-state index is 0.0605. The van der Waals surface area contributed by atoms with Gasteiger partial charge in [0, 0.05) is 18.3 Å². The molecule has 0 atom stereocenters. The summed E-state index contributed by atoms with van der Waals surface area (Å²) in [6.45, 7) is 0.622. The highest BCUT2D eigenvalue weighted by Crippen LogP contribution is 2.36. The highest BCUT2D eigenvalue weighted by molar-refractivity contribution is 8.01. The number of rotatable bonds is 10. The minimum Gasteiger partial charge on any atom is -0.481 e. The Bertz CT molecular complexity index is 799. The fourth-order valence-corrected chi connectivity index (χ4v) is 5.30. The number of hydrogen-bond acceptors (Lipinski definition) is 6. The number of halogens is 6. The second-order valence-corrected chi connectivity index (χ2v) is 10.3. The molecule has 0 unspecified atom stereocenters. The number of carbonyl (C=O) groups is 2. The van der Waals surface area contributed by atoms with Crippen molar-refractivity contribution in [1.82, 2.24) is 9.88 Å². The Morgan fingerprint density at radius 2 is 1.85 bits per heavy atom. The number of ether oxygens (including phenoxy) is 1. The van der Waals surface area contributed by atoms with E-state index in [9.17, 15) is 35.9 Å². The molecule has 0 bridgehead atoms. The highest BCUT2D eigenvalue weighted by atomic mass is 32.2. The van der Waals surface area contributed by atoms with Gasteiger partial charge in [0.05, 0.1) is 23.4 Å². The van der Waals surface area contributed by atoms with Gasteiger partial charge in [0.2, 0.25) is 6.10 Å². The van der Waals surface area contributed by atoms with E-state index in [0.717, 1.165) is 24.2 Å². The van der Waals surface area contributed by atoms with Gasteiger partial charge in [-0.15, -0.1) is 11.8 Å². The maximum Gasteiger partial charge on any atom is 0.423 e. The molecule has 2 rings (SSSR count). The number of hydrogen-bond donors (Lipinski definition) is 2. The molecule has 2 N–H and O–H groups in total. The monoisotopic (exact) mass is 537 g/mol. The number of urea groups is 1. The molecule has 7 nitrogen and oxygen atoms in total. The summed E-state index contributed by atoms with van der Waals surface area (Å²) in [6.07, 6.45) is -11.1. The zero-order valence-corrected chi connectivity index (χ0v) is 19.7. The van der Waals surface area contributed by atoms with Crippen LogP contribution in [0.25, 0.3) is 0 Å². The largest absolute Gasteiger partial charge is 0.481 e. The lowest BCUT2D eigenvalue weighted by atomic mass is 9.86. The van der Waals surface area contributed by atoms with E-state index in [4.69, 9.17) is 5.11 Å². The molecule has 1 saturated carbocycles. The van der Waals surface area contributed by atoms with Crippen molar-refractivity contribution in [3.8, 4) is 0 Å². The predicted molar refractivity (Wildman–Crippen MR) is 114 cm³/mol. The molecule has 194 valence electrons. The van der Waals surface area contributed by atoms with E-state index < -0.39 is 43.6 Å². The maximum absolute atomic E-state index is 12.9. The van der Waals surface area contributed by atoms with Crippen LogP contribution in [-0.4, -0.2) is 70.4 Å². The summed E-state index contributed by atoms with van der Waals surface area (Å²) in [7, 11) is 0. The van der Waals surface area contributed by atoms with Crippen molar-refractivity contribution < 1.29 is 45.8 Å². The van der Waals surface area contributed by atoms with Crippen LogP contribution in [0.3, 0.4) is 0 Å². The number of carboxylic acid groups (broad SMARTS) is 1. The van der Waals surface area contributed by atoms with Crippen LogP contribution in [0.2, 0.25) is 0 Å². The normalized spacial score (nSPS) is 19.3. The van der Waals surface area contributed by atoms with Gasteiger partial charge < -0.3 is 14.7 Å². The zero-order chi connectivity index (χ0) is 25.5. The van der Waals surface area contributed by atoms with Gasteiger partial charge in [0.25, 0.3) is 0 Å². The number of thiazole rings is 1. The van der Waals surface area contributed by atoms with E-state index in [1.165, 1.54) is 22.9 Å². The van der Waals surface area contributed by atoms with Crippen LogP contribution in [0.15, 0.2) is 10.4 Å². The first-order valence-corrected chi connectivity index (χ1v) is 12.2. The molecule has 1 aromatic heterocycles. The topological polar surface area (TPSA) is 91.8 Å². The van der Waals surface area contributed by atoms with Crippen molar-refractivity contribution in [1.29, 1.82) is 0 Å². The fourth-order valence-electron chi connectivity index (χ4n) is 3.43. The summed E-state index contributed by atoms with van der Waals surface area (Å²) < 4.78 is 81.2. The lowest BCUT2D eigenvalue weighted by molar-refractivity contribution is -0.321. The molecule has 0 saturated heterocycles. The molecular formula is C19H25F6N3O4S2. The molecule has 0 radical (unpaired) electrons. The molecule has 15 heteroatoms. The summed E-state index contributed by atoms with van der Waals surface area (Å²) in [4.78, 5) is 28.7. The van der Waals surface area contributed by atoms with Gasteiger partial charge in [0.15, 0.2) is 5.13 Å². The van der Waals surface area contributed by atoms with E-state index in [2.05, 4.69) is 15.0 Å². The molecule has 0 aromatic carbocycles. The molecule has 34 heavy (non-hydrogen) atoms.